The number of benzene rings is 2. The first-order valence-corrected chi connectivity index (χ1v) is 9.15. The smallest absolute Gasteiger partial charge is 0.227 e. The van der Waals surface area contributed by atoms with Crippen LogP contribution in [0.5, 0.6) is 11.5 Å². The van der Waals surface area contributed by atoms with Crippen LogP contribution in [0.2, 0.25) is 0 Å². The van der Waals surface area contributed by atoms with Crippen LogP contribution in [0.1, 0.15) is 12.8 Å². The number of anilines is 2. The Balaban J connectivity index is 1.76. The van der Waals surface area contributed by atoms with E-state index < -0.39 is 0 Å². The second kappa shape index (κ2) is 7.34. The van der Waals surface area contributed by atoms with Crippen molar-refractivity contribution in [2.24, 2.45) is 5.92 Å². The predicted octanol–water partition coefficient (Wildman–Crippen LogP) is 3.70. The number of amides is 1. The van der Waals surface area contributed by atoms with E-state index in [1.54, 1.807) is 21.3 Å². The third kappa shape index (κ3) is 3.43. The number of hydrogen-bond acceptors (Lipinski definition) is 6. The molecular formula is C21H22N4O3. The van der Waals surface area contributed by atoms with Gasteiger partial charge in [0.1, 0.15) is 0 Å². The predicted molar refractivity (Wildman–Crippen MR) is 109 cm³/mol. The summed E-state index contributed by atoms with van der Waals surface area (Å²) in [6.45, 7) is 0. The number of methoxy groups -OCH3 is 2. The van der Waals surface area contributed by atoms with E-state index >= 15 is 0 Å². The minimum absolute atomic E-state index is 0.0922. The number of aromatic nitrogens is 2. The van der Waals surface area contributed by atoms with E-state index in [2.05, 4.69) is 20.6 Å². The number of carbonyl (C=O) groups is 1. The first-order chi connectivity index (χ1) is 13.6. The number of ether oxygens (including phenoxy) is 2. The van der Waals surface area contributed by atoms with Crippen LogP contribution in [0.25, 0.3) is 22.2 Å². The Kier molecular flexibility index (Phi) is 4.73. The molecule has 28 heavy (non-hydrogen) atoms. The van der Waals surface area contributed by atoms with Gasteiger partial charge in [0, 0.05) is 35.7 Å². The lowest BCUT2D eigenvalue weighted by Gasteiger charge is -2.13. The zero-order chi connectivity index (χ0) is 19.7. The van der Waals surface area contributed by atoms with Crippen molar-refractivity contribution in [2.45, 2.75) is 12.8 Å². The average Bonchev–Trinajstić information content (AvgIpc) is 3.58. The molecular weight excluding hydrogens is 356 g/mol. The van der Waals surface area contributed by atoms with Crippen LogP contribution in [0.15, 0.2) is 36.4 Å². The summed E-state index contributed by atoms with van der Waals surface area (Å²) in [5.74, 6) is 2.01. The van der Waals surface area contributed by atoms with Crippen LogP contribution in [0.3, 0.4) is 0 Å². The average molecular weight is 378 g/mol. The summed E-state index contributed by atoms with van der Waals surface area (Å²) in [7, 11) is 4.98. The summed E-state index contributed by atoms with van der Waals surface area (Å²) in [6.07, 6.45) is 1.96. The Morgan fingerprint density at radius 1 is 1.04 bits per heavy atom. The quantitative estimate of drug-likeness (QED) is 0.680. The van der Waals surface area contributed by atoms with Gasteiger partial charge in [0.05, 0.1) is 25.4 Å². The van der Waals surface area contributed by atoms with Crippen LogP contribution < -0.4 is 20.1 Å². The Morgan fingerprint density at radius 3 is 2.32 bits per heavy atom. The van der Waals surface area contributed by atoms with E-state index in [0.29, 0.717) is 17.4 Å². The topological polar surface area (TPSA) is 85.4 Å². The summed E-state index contributed by atoms with van der Waals surface area (Å²) in [5.41, 5.74) is 3.22. The van der Waals surface area contributed by atoms with Gasteiger partial charge in [0.2, 0.25) is 11.9 Å². The second-order valence-corrected chi connectivity index (χ2v) is 6.71. The highest BCUT2D eigenvalue weighted by molar-refractivity contribution is 5.97. The molecule has 0 unspecified atom stereocenters. The van der Waals surface area contributed by atoms with Gasteiger partial charge in [-0.05, 0) is 31.0 Å². The second-order valence-electron chi connectivity index (χ2n) is 6.71. The van der Waals surface area contributed by atoms with E-state index in [9.17, 15) is 4.79 Å². The molecule has 7 heteroatoms. The third-order valence-electron chi connectivity index (χ3n) is 4.80. The fraction of sp³-hybridized carbons (Fsp3) is 0.286. The molecule has 1 amide bonds. The van der Waals surface area contributed by atoms with Crippen LogP contribution in [-0.4, -0.2) is 37.1 Å². The minimum atomic E-state index is 0.0922. The molecule has 0 aliphatic heterocycles. The number of carbonyl (C=O) groups excluding carboxylic acids is 1. The number of hydrogen-bond donors (Lipinski definition) is 2. The lowest BCUT2D eigenvalue weighted by atomic mass is 10.1. The van der Waals surface area contributed by atoms with Crippen molar-refractivity contribution in [3.8, 4) is 22.8 Å². The van der Waals surface area contributed by atoms with Crippen molar-refractivity contribution >= 4 is 28.4 Å². The standard InChI is InChI=1S/C21H22N4O3/c1-22-21-24-16-11-18(28-3)17(27-2)10-15(16)19(25-21)12-6-8-14(9-7-12)23-20(26)13-4-5-13/h6-11,13H,4-5H2,1-3H3,(H,23,26)(H,22,24,25). The normalized spacial score (nSPS) is 13.2. The maximum Gasteiger partial charge on any atom is 0.227 e. The molecule has 1 heterocycles. The van der Waals surface area contributed by atoms with Gasteiger partial charge < -0.3 is 20.1 Å². The molecule has 0 saturated heterocycles. The molecule has 3 aromatic rings. The fourth-order valence-corrected chi connectivity index (χ4v) is 3.09. The monoisotopic (exact) mass is 378 g/mol. The molecule has 1 aliphatic rings. The summed E-state index contributed by atoms with van der Waals surface area (Å²) in [6, 6.07) is 11.4. The highest BCUT2D eigenvalue weighted by Crippen LogP contribution is 2.36. The van der Waals surface area contributed by atoms with Crippen molar-refractivity contribution in [2.75, 3.05) is 31.9 Å². The molecule has 1 aromatic heterocycles. The van der Waals surface area contributed by atoms with Gasteiger partial charge in [-0.15, -0.1) is 0 Å². The van der Waals surface area contributed by atoms with E-state index in [0.717, 1.165) is 40.7 Å². The first kappa shape index (κ1) is 18.0. The Morgan fingerprint density at radius 2 is 1.71 bits per heavy atom. The van der Waals surface area contributed by atoms with E-state index in [4.69, 9.17) is 9.47 Å². The molecule has 0 atom stereocenters. The molecule has 144 valence electrons. The molecule has 2 N–H and O–H groups in total. The fourth-order valence-electron chi connectivity index (χ4n) is 3.09. The summed E-state index contributed by atoms with van der Waals surface area (Å²) >= 11 is 0. The number of rotatable bonds is 6. The van der Waals surface area contributed by atoms with E-state index in [1.165, 1.54) is 0 Å². The molecule has 2 aromatic carbocycles. The Labute approximate surface area is 163 Å². The molecule has 4 rings (SSSR count). The molecule has 1 fully saturated rings. The number of nitrogens with zero attached hydrogens (tertiary/aromatic N) is 2. The molecule has 1 aliphatic carbocycles. The SMILES string of the molecule is CNc1nc(-c2ccc(NC(=O)C3CC3)cc2)c2cc(OC)c(OC)cc2n1. The molecule has 7 nitrogen and oxygen atoms in total. The zero-order valence-electron chi connectivity index (χ0n) is 16.1. The van der Waals surface area contributed by atoms with Crippen LogP contribution in [-0.2, 0) is 4.79 Å². The summed E-state index contributed by atoms with van der Waals surface area (Å²) in [5, 5.41) is 6.81. The Hall–Kier alpha value is -3.35. The van der Waals surface area contributed by atoms with Gasteiger partial charge in [0.15, 0.2) is 11.5 Å². The van der Waals surface area contributed by atoms with Crippen LogP contribution in [0.4, 0.5) is 11.6 Å². The number of nitrogens with one attached hydrogen (secondary N) is 2. The van der Waals surface area contributed by atoms with Gasteiger partial charge in [-0.3, -0.25) is 4.79 Å². The van der Waals surface area contributed by atoms with Gasteiger partial charge in [-0.2, -0.15) is 0 Å². The van der Waals surface area contributed by atoms with Crippen LogP contribution in [0, 0.1) is 5.92 Å². The van der Waals surface area contributed by atoms with Gasteiger partial charge in [0.25, 0.3) is 0 Å². The molecule has 0 spiro atoms. The van der Waals surface area contributed by atoms with Crippen molar-refractivity contribution in [3.05, 3.63) is 36.4 Å². The van der Waals surface area contributed by atoms with Crippen molar-refractivity contribution in [3.63, 3.8) is 0 Å². The van der Waals surface area contributed by atoms with Crippen molar-refractivity contribution in [1.29, 1.82) is 0 Å². The minimum Gasteiger partial charge on any atom is -0.493 e. The Bertz CT molecular complexity index is 1030. The van der Waals surface area contributed by atoms with Crippen LogP contribution >= 0.6 is 0 Å². The summed E-state index contributed by atoms with van der Waals surface area (Å²) < 4.78 is 10.8. The molecule has 1 saturated carbocycles. The van der Waals surface area contributed by atoms with Gasteiger partial charge >= 0.3 is 0 Å². The zero-order valence-corrected chi connectivity index (χ0v) is 16.1. The molecule has 0 radical (unpaired) electrons. The molecule has 0 bridgehead atoms. The highest BCUT2D eigenvalue weighted by atomic mass is 16.5. The highest BCUT2D eigenvalue weighted by Gasteiger charge is 2.29. The maximum absolute atomic E-state index is 12.0. The third-order valence-corrected chi connectivity index (χ3v) is 4.80. The number of fused-ring (bicyclic) bond motifs is 1. The van der Waals surface area contributed by atoms with Gasteiger partial charge in [-0.25, -0.2) is 9.97 Å². The largest absolute Gasteiger partial charge is 0.493 e. The van der Waals surface area contributed by atoms with E-state index in [-0.39, 0.29) is 11.8 Å². The van der Waals surface area contributed by atoms with Gasteiger partial charge in [-0.1, -0.05) is 12.1 Å². The maximum atomic E-state index is 12.0. The van der Waals surface area contributed by atoms with E-state index in [1.807, 2.05) is 36.4 Å². The summed E-state index contributed by atoms with van der Waals surface area (Å²) in [4.78, 5) is 21.1. The lowest BCUT2D eigenvalue weighted by molar-refractivity contribution is -0.117. The van der Waals surface area contributed by atoms with Crippen molar-refractivity contribution < 1.29 is 14.3 Å². The van der Waals surface area contributed by atoms with Crippen molar-refractivity contribution in [1.82, 2.24) is 9.97 Å². The first-order valence-electron chi connectivity index (χ1n) is 9.15. The lowest BCUT2D eigenvalue weighted by Crippen LogP contribution is -2.13.